The zero-order chi connectivity index (χ0) is 13.4. The van der Waals surface area contributed by atoms with Crippen LogP contribution in [0.1, 0.15) is 33.6 Å². The fraction of sp³-hybridized carbons (Fsp3) is 0.727. The van der Waals surface area contributed by atoms with Crippen LogP contribution in [0.2, 0.25) is 0 Å². The van der Waals surface area contributed by atoms with E-state index in [2.05, 4.69) is 0 Å². The Hall–Kier alpha value is -1.59. The summed E-state index contributed by atoms with van der Waals surface area (Å²) in [4.78, 5) is 34.5. The molecule has 0 bridgehead atoms. The molecular weight excluding hydrogens is 228 g/mol. The molecule has 1 heterocycles. The molecule has 1 saturated heterocycles. The summed E-state index contributed by atoms with van der Waals surface area (Å²) in [6.07, 6.45) is 0.302. The van der Waals surface area contributed by atoms with E-state index in [0.717, 1.165) is 0 Å². The van der Waals surface area contributed by atoms with Gasteiger partial charge in [-0.15, -0.1) is 0 Å². The molecule has 1 aliphatic rings. The molecule has 1 aliphatic heterocycles. The standard InChI is InChI=1S/C11H16O6/c1-4-10(5-2)11(8(13)14,9(15)16)6(3)7(12)17-10/h6H,4-5H2,1-3H3,(H,13,14)(H,15,16). The summed E-state index contributed by atoms with van der Waals surface area (Å²) < 4.78 is 5.10. The Labute approximate surface area is 98.6 Å². The first kappa shape index (κ1) is 13.5. The topological polar surface area (TPSA) is 101 Å². The Bertz CT molecular complexity index is 354. The van der Waals surface area contributed by atoms with Crippen LogP contribution in [-0.2, 0) is 19.1 Å². The van der Waals surface area contributed by atoms with Crippen molar-refractivity contribution in [2.45, 2.75) is 39.2 Å². The highest BCUT2D eigenvalue weighted by Gasteiger charge is 2.73. The molecule has 1 rings (SSSR count). The molecule has 1 fully saturated rings. The van der Waals surface area contributed by atoms with Gasteiger partial charge in [0.25, 0.3) is 0 Å². The van der Waals surface area contributed by atoms with E-state index < -0.39 is 34.8 Å². The van der Waals surface area contributed by atoms with E-state index in [4.69, 9.17) is 4.74 Å². The summed E-state index contributed by atoms with van der Waals surface area (Å²) in [7, 11) is 0. The average Bonchev–Trinajstić information content (AvgIpc) is 2.49. The minimum Gasteiger partial charge on any atom is -0.480 e. The lowest BCUT2D eigenvalue weighted by Crippen LogP contribution is -2.57. The van der Waals surface area contributed by atoms with Gasteiger partial charge in [0.15, 0.2) is 0 Å². The number of carbonyl (C=O) groups is 3. The van der Waals surface area contributed by atoms with Gasteiger partial charge in [-0.25, -0.2) is 0 Å². The van der Waals surface area contributed by atoms with Crippen LogP contribution in [0.15, 0.2) is 0 Å². The molecule has 17 heavy (non-hydrogen) atoms. The Morgan fingerprint density at radius 1 is 1.24 bits per heavy atom. The van der Waals surface area contributed by atoms with E-state index in [1.54, 1.807) is 13.8 Å². The summed E-state index contributed by atoms with van der Waals surface area (Å²) in [5, 5.41) is 18.6. The van der Waals surface area contributed by atoms with Crippen molar-refractivity contribution in [3.8, 4) is 0 Å². The number of esters is 1. The van der Waals surface area contributed by atoms with Crippen molar-refractivity contribution in [1.29, 1.82) is 0 Å². The van der Waals surface area contributed by atoms with E-state index in [-0.39, 0.29) is 12.8 Å². The van der Waals surface area contributed by atoms with Crippen molar-refractivity contribution in [2.24, 2.45) is 11.3 Å². The molecule has 1 unspecified atom stereocenters. The van der Waals surface area contributed by atoms with Gasteiger partial charge in [-0.3, -0.25) is 14.4 Å². The Morgan fingerprint density at radius 3 is 1.88 bits per heavy atom. The van der Waals surface area contributed by atoms with E-state index in [1.807, 2.05) is 0 Å². The van der Waals surface area contributed by atoms with Gasteiger partial charge in [0.2, 0.25) is 5.41 Å². The second-order valence-electron chi connectivity index (χ2n) is 4.26. The summed E-state index contributed by atoms with van der Waals surface area (Å²) in [6, 6.07) is 0. The largest absolute Gasteiger partial charge is 0.480 e. The van der Waals surface area contributed by atoms with E-state index in [1.165, 1.54) is 6.92 Å². The highest BCUT2D eigenvalue weighted by molar-refractivity contribution is 6.06. The number of ether oxygens (including phenoxy) is 1. The molecule has 0 aromatic heterocycles. The molecule has 2 N–H and O–H groups in total. The number of aliphatic carboxylic acids is 2. The molecule has 1 atom stereocenters. The Balaban J connectivity index is 3.55. The van der Waals surface area contributed by atoms with Gasteiger partial charge < -0.3 is 14.9 Å². The normalized spacial score (nSPS) is 25.4. The van der Waals surface area contributed by atoms with Crippen molar-refractivity contribution in [3.05, 3.63) is 0 Å². The first-order valence-electron chi connectivity index (χ1n) is 5.49. The third-order valence-electron chi connectivity index (χ3n) is 3.83. The van der Waals surface area contributed by atoms with Crippen molar-refractivity contribution in [1.82, 2.24) is 0 Å². The number of hydrogen-bond donors (Lipinski definition) is 2. The smallest absolute Gasteiger partial charge is 0.326 e. The van der Waals surface area contributed by atoms with E-state index in [0.29, 0.717) is 0 Å². The summed E-state index contributed by atoms with van der Waals surface area (Å²) in [5.74, 6) is -5.00. The summed E-state index contributed by atoms with van der Waals surface area (Å²) in [6.45, 7) is 4.53. The van der Waals surface area contributed by atoms with Gasteiger partial charge in [-0.1, -0.05) is 20.8 Å². The lowest BCUT2D eigenvalue weighted by molar-refractivity contribution is -0.182. The minimum atomic E-state index is -2.20. The molecule has 0 saturated carbocycles. The average molecular weight is 244 g/mol. The molecule has 96 valence electrons. The van der Waals surface area contributed by atoms with Crippen LogP contribution in [0.25, 0.3) is 0 Å². The van der Waals surface area contributed by atoms with Crippen molar-refractivity contribution >= 4 is 17.9 Å². The SMILES string of the molecule is CCC1(CC)OC(=O)C(C)C1(C(=O)O)C(=O)O. The van der Waals surface area contributed by atoms with E-state index >= 15 is 0 Å². The number of carboxylic acid groups (broad SMARTS) is 2. The number of hydrogen-bond acceptors (Lipinski definition) is 4. The van der Waals surface area contributed by atoms with Crippen molar-refractivity contribution in [2.75, 3.05) is 0 Å². The third kappa shape index (κ3) is 1.36. The van der Waals surface area contributed by atoms with Gasteiger partial charge in [0.05, 0.1) is 5.92 Å². The highest BCUT2D eigenvalue weighted by Crippen LogP contribution is 2.52. The number of rotatable bonds is 4. The lowest BCUT2D eigenvalue weighted by atomic mass is 9.64. The molecule has 0 aliphatic carbocycles. The molecule has 6 heteroatoms. The molecule has 0 radical (unpaired) electrons. The molecule has 0 spiro atoms. The van der Waals surface area contributed by atoms with Crippen LogP contribution in [-0.4, -0.2) is 33.7 Å². The van der Waals surface area contributed by atoms with Crippen LogP contribution < -0.4 is 0 Å². The predicted octanol–water partition coefficient (Wildman–Crippen LogP) is 0.894. The maximum absolute atomic E-state index is 11.6. The molecule has 0 amide bonds. The van der Waals surface area contributed by atoms with Gasteiger partial charge in [0, 0.05) is 0 Å². The lowest BCUT2D eigenvalue weighted by Gasteiger charge is -2.37. The number of cyclic esters (lactones) is 1. The molecular formula is C11H16O6. The minimum absolute atomic E-state index is 0.151. The second-order valence-corrected chi connectivity index (χ2v) is 4.26. The molecule has 0 aromatic carbocycles. The highest BCUT2D eigenvalue weighted by atomic mass is 16.6. The van der Waals surface area contributed by atoms with Gasteiger partial charge in [0.1, 0.15) is 5.60 Å². The van der Waals surface area contributed by atoms with Crippen LogP contribution in [0.3, 0.4) is 0 Å². The van der Waals surface area contributed by atoms with Crippen LogP contribution in [0.4, 0.5) is 0 Å². The van der Waals surface area contributed by atoms with Crippen LogP contribution in [0.5, 0.6) is 0 Å². The zero-order valence-electron chi connectivity index (χ0n) is 10.0. The first-order chi connectivity index (χ1) is 7.80. The van der Waals surface area contributed by atoms with Gasteiger partial charge in [-0.05, 0) is 12.8 Å². The third-order valence-corrected chi connectivity index (χ3v) is 3.83. The Kier molecular flexibility index (Phi) is 3.18. The van der Waals surface area contributed by atoms with Crippen LogP contribution in [0, 0.1) is 11.3 Å². The molecule has 6 nitrogen and oxygen atoms in total. The number of carboxylic acids is 2. The zero-order valence-corrected chi connectivity index (χ0v) is 10.0. The summed E-state index contributed by atoms with van der Waals surface area (Å²) in [5.41, 5.74) is -3.67. The Morgan fingerprint density at radius 2 is 1.65 bits per heavy atom. The maximum Gasteiger partial charge on any atom is 0.326 e. The first-order valence-corrected chi connectivity index (χ1v) is 5.49. The van der Waals surface area contributed by atoms with E-state index in [9.17, 15) is 24.6 Å². The van der Waals surface area contributed by atoms with Crippen LogP contribution >= 0.6 is 0 Å². The van der Waals surface area contributed by atoms with Gasteiger partial charge in [-0.2, -0.15) is 0 Å². The maximum atomic E-state index is 11.6. The quantitative estimate of drug-likeness (QED) is 0.562. The number of carbonyl (C=O) groups excluding carboxylic acids is 1. The van der Waals surface area contributed by atoms with Gasteiger partial charge >= 0.3 is 17.9 Å². The molecule has 0 aromatic rings. The fourth-order valence-corrected chi connectivity index (χ4v) is 2.74. The fourth-order valence-electron chi connectivity index (χ4n) is 2.74. The van der Waals surface area contributed by atoms with Crippen molar-refractivity contribution < 1.29 is 29.3 Å². The predicted molar refractivity (Wildman–Crippen MR) is 56.3 cm³/mol. The monoisotopic (exact) mass is 244 g/mol. The summed E-state index contributed by atoms with van der Waals surface area (Å²) >= 11 is 0. The van der Waals surface area contributed by atoms with Crippen molar-refractivity contribution in [3.63, 3.8) is 0 Å². The second kappa shape index (κ2) is 4.01.